The summed E-state index contributed by atoms with van der Waals surface area (Å²) >= 11 is 0. The van der Waals surface area contributed by atoms with E-state index in [1.165, 1.54) is 0 Å². The molecule has 15 heavy (non-hydrogen) atoms. The molecule has 0 radical (unpaired) electrons. The molecule has 0 spiro atoms. The number of benzene rings is 1. The van der Waals surface area contributed by atoms with E-state index in [9.17, 15) is 8.78 Å². The first-order valence-electron chi connectivity index (χ1n) is 4.96. The molecule has 1 aromatic carbocycles. The van der Waals surface area contributed by atoms with Crippen LogP contribution in [0.5, 0.6) is 5.75 Å². The minimum atomic E-state index is -0.516. The summed E-state index contributed by atoms with van der Waals surface area (Å²) in [6.07, 6.45) is 1.04. The number of hydrogen-bond donors (Lipinski definition) is 1. The lowest BCUT2D eigenvalue weighted by molar-refractivity contribution is 0.279. The van der Waals surface area contributed by atoms with Crippen LogP contribution in [0.2, 0.25) is 0 Å². The second kappa shape index (κ2) is 4.14. The summed E-state index contributed by atoms with van der Waals surface area (Å²) in [5, 5.41) is 3.10. The van der Waals surface area contributed by atoms with E-state index >= 15 is 0 Å². The molecular weight excluding hydrogens is 200 g/mol. The molecule has 0 bridgehead atoms. The maximum absolute atomic E-state index is 13.1. The van der Waals surface area contributed by atoms with Gasteiger partial charge in [0.25, 0.3) is 0 Å². The molecule has 0 amide bonds. The zero-order valence-electron chi connectivity index (χ0n) is 8.47. The van der Waals surface area contributed by atoms with Crippen LogP contribution >= 0.6 is 0 Å². The van der Waals surface area contributed by atoms with Crippen molar-refractivity contribution >= 4 is 0 Å². The highest BCUT2D eigenvalue weighted by atomic mass is 19.1. The maximum atomic E-state index is 13.1. The van der Waals surface area contributed by atoms with Gasteiger partial charge in [0.1, 0.15) is 5.82 Å². The van der Waals surface area contributed by atoms with Crippen LogP contribution in [0.1, 0.15) is 6.42 Å². The van der Waals surface area contributed by atoms with Crippen LogP contribution in [0.25, 0.3) is 0 Å². The van der Waals surface area contributed by atoms with E-state index < -0.39 is 11.6 Å². The molecule has 0 aromatic heterocycles. The Morgan fingerprint density at radius 1 is 1.47 bits per heavy atom. The Labute approximate surface area is 87.2 Å². The van der Waals surface area contributed by atoms with Gasteiger partial charge in [-0.05, 0) is 25.6 Å². The summed E-state index contributed by atoms with van der Waals surface area (Å²) in [5.74, 6) is -0.583. The van der Waals surface area contributed by atoms with Crippen LogP contribution < -0.4 is 10.1 Å². The summed E-state index contributed by atoms with van der Waals surface area (Å²) in [5.41, 5.74) is 0. The van der Waals surface area contributed by atoms with Gasteiger partial charge in [-0.2, -0.15) is 0 Å². The van der Waals surface area contributed by atoms with Gasteiger partial charge in [-0.15, -0.1) is 0 Å². The van der Waals surface area contributed by atoms with E-state index in [-0.39, 0.29) is 5.75 Å². The highest BCUT2D eigenvalue weighted by Crippen LogP contribution is 2.31. The normalized spacial score (nSPS) is 23.9. The van der Waals surface area contributed by atoms with Crippen molar-refractivity contribution in [2.24, 2.45) is 5.92 Å². The summed E-state index contributed by atoms with van der Waals surface area (Å²) in [7, 11) is 1.88. The predicted octanol–water partition coefficient (Wildman–Crippen LogP) is 1.95. The van der Waals surface area contributed by atoms with Gasteiger partial charge in [-0.25, -0.2) is 8.78 Å². The fraction of sp³-hybridized carbons (Fsp3) is 0.455. The van der Waals surface area contributed by atoms with Crippen LogP contribution in [-0.4, -0.2) is 19.7 Å². The Kier molecular flexibility index (Phi) is 2.86. The summed E-state index contributed by atoms with van der Waals surface area (Å²) < 4.78 is 31.1. The minimum Gasteiger partial charge on any atom is -0.490 e. The van der Waals surface area contributed by atoms with Crippen LogP contribution in [0.15, 0.2) is 18.2 Å². The number of ether oxygens (including phenoxy) is 1. The van der Waals surface area contributed by atoms with Gasteiger partial charge in [-0.3, -0.25) is 0 Å². The second-order valence-corrected chi connectivity index (χ2v) is 3.78. The van der Waals surface area contributed by atoms with Crippen molar-refractivity contribution in [3.8, 4) is 5.75 Å². The monoisotopic (exact) mass is 213 g/mol. The first-order valence-corrected chi connectivity index (χ1v) is 4.96. The van der Waals surface area contributed by atoms with Crippen molar-refractivity contribution in [1.29, 1.82) is 0 Å². The number of rotatable bonds is 4. The summed E-state index contributed by atoms with van der Waals surface area (Å²) in [4.78, 5) is 0. The van der Waals surface area contributed by atoms with Crippen LogP contribution in [0.4, 0.5) is 8.78 Å². The van der Waals surface area contributed by atoms with E-state index in [4.69, 9.17) is 4.74 Å². The van der Waals surface area contributed by atoms with E-state index in [0.29, 0.717) is 18.6 Å². The molecule has 1 aliphatic rings. The third-order valence-corrected chi connectivity index (χ3v) is 2.64. The second-order valence-electron chi connectivity index (χ2n) is 3.78. The summed E-state index contributed by atoms with van der Waals surface area (Å²) in [6, 6.07) is 3.69. The largest absolute Gasteiger partial charge is 0.490 e. The molecule has 1 fully saturated rings. The lowest BCUT2D eigenvalue weighted by Crippen LogP contribution is -2.14. The molecule has 2 atom stereocenters. The third kappa shape index (κ3) is 2.45. The molecular formula is C11H13F2NO. The van der Waals surface area contributed by atoms with Gasteiger partial charge < -0.3 is 10.1 Å². The van der Waals surface area contributed by atoms with Gasteiger partial charge in [0.15, 0.2) is 11.6 Å². The van der Waals surface area contributed by atoms with Crippen molar-refractivity contribution in [3.63, 3.8) is 0 Å². The highest BCUT2D eigenvalue weighted by Gasteiger charge is 2.36. The van der Waals surface area contributed by atoms with Crippen LogP contribution in [0.3, 0.4) is 0 Å². The molecule has 0 heterocycles. The van der Waals surface area contributed by atoms with E-state index in [0.717, 1.165) is 24.6 Å². The van der Waals surface area contributed by atoms with Gasteiger partial charge >= 0.3 is 0 Å². The van der Waals surface area contributed by atoms with Gasteiger partial charge in [0.05, 0.1) is 6.61 Å². The number of hydrogen-bond acceptors (Lipinski definition) is 2. The smallest absolute Gasteiger partial charge is 0.165 e. The van der Waals surface area contributed by atoms with Crippen molar-refractivity contribution < 1.29 is 13.5 Å². The molecule has 1 aromatic rings. The highest BCUT2D eigenvalue weighted by molar-refractivity contribution is 5.25. The fourth-order valence-electron chi connectivity index (χ4n) is 1.57. The van der Waals surface area contributed by atoms with Gasteiger partial charge in [0, 0.05) is 18.0 Å². The number of halogens is 2. The Morgan fingerprint density at radius 2 is 2.27 bits per heavy atom. The molecule has 1 aliphatic carbocycles. The average Bonchev–Trinajstić information content (AvgIpc) is 2.98. The van der Waals surface area contributed by atoms with Crippen molar-refractivity contribution in [2.75, 3.05) is 13.7 Å². The zero-order valence-corrected chi connectivity index (χ0v) is 8.47. The minimum absolute atomic E-state index is 0.00301. The Bertz CT molecular complexity index is 356. The average molecular weight is 213 g/mol. The van der Waals surface area contributed by atoms with Gasteiger partial charge in [-0.1, -0.05) is 0 Å². The summed E-state index contributed by atoms with van der Waals surface area (Å²) in [6.45, 7) is 0.436. The van der Waals surface area contributed by atoms with Crippen LogP contribution in [-0.2, 0) is 0 Å². The van der Waals surface area contributed by atoms with E-state index in [1.807, 2.05) is 7.05 Å². The van der Waals surface area contributed by atoms with Crippen molar-refractivity contribution in [3.05, 3.63) is 29.8 Å². The topological polar surface area (TPSA) is 21.3 Å². The Morgan fingerprint density at radius 3 is 2.93 bits per heavy atom. The molecule has 2 rings (SSSR count). The Hall–Kier alpha value is -1.16. The molecule has 0 saturated heterocycles. The number of nitrogens with one attached hydrogen (secondary N) is 1. The quantitative estimate of drug-likeness (QED) is 0.825. The first-order chi connectivity index (χ1) is 7.20. The lowest BCUT2D eigenvalue weighted by Gasteiger charge is -2.06. The molecule has 1 N–H and O–H groups in total. The molecule has 2 unspecified atom stereocenters. The van der Waals surface area contributed by atoms with E-state index in [1.54, 1.807) is 0 Å². The SMILES string of the molecule is CNC1CC1COc1cc(F)ccc1F. The van der Waals surface area contributed by atoms with E-state index in [2.05, 4.69) is 5.32 Å². The van der Waals surface area contributed by atoms with Crippen LogP contribution in [0, 0.1) is 17.6 Å². The molecule has 1 saturated carbocycles. The van der Waals surface area contributed by atoms with Crippen molar-refractivity contribution in [1.82, 2.24) is 5.32 Å². The fourth-order valence-corrected chi connectivity index (χ4v) is 1.57. The molecule has 0 aliphatic heterocycles. The predicted molar refractivity (Wildman–Crippen MR) is 52.8 cm³/mol. The molecule has 82 valence electrons. The first kappa shape index (κ1) is 10.4. The standard InChI is InChI=1S/C11H13F2NO/c1-14-10-4-7(10)6-15-11-5-8(12)2-3-9(11)13/h2-3,5,7,10,14H,4,6H2,1H3. The van der Waals surface area contributed by atoms with Gasteiger partial charge in [0.2, 0.25) is 0 Å². The molecule has 4 heteroatoms. The zero-order chi connectivity index (χ0) is 10.8. The maximum Gasteiger partial charge on any atom is 0.165 e. The Balaban J connectivity index is 1.91. The van der Waals surface area contributed by atoms with Crippen molar-refractivity contribution in [2.45, 2.75) is 12.5 Å². The third-order valence-electron chi connectivity index (χ3n) is 2.64. The molecule has 2 nitrogen and oxygen atoms in total. The lowest BCUT2D eigenvalue weighted by atomic mass is 10.3.